The molecule has 0 aliphatic carbocycles. The third-order valence-electron chi connectivity index (χ3n) is 3.00. The lowest BCUT2D eigenvalue weighted by molar-refractivity contribution is 0.306. The van der Waals surface area contributed by atoms with E-state index in [2.05, 4.69) is 24.4 Å². The number of halogens is 1. The Hall–Kier alpha value is -1.87. The molecule has 0 saturated carbocycles. The first kappa shape index (κ1) is 14.5. The van der Waals surface area contributed by atoms with Gasteiger partial charge in [-0.3, -0.25) is 0 Å². The molecule has 20 heavy (non-hydrogen) atoms. The second kappa shape index (κ2) is 7.65. The molecule has 0 aromatic heterocycles. The van der Waals surface area contributed by atoms with Crippen molar-refractivity contribution in [2.24, 2.45) is 0 Å². The highest BCUT2D eigenvalue weighted by molar-refractivity contribution is 5.27. The van der Waals surface area contributed by atoms with E-state index in [1.807, 2.05) is 12.1 Å². The van der Waals surface area contributed by atoms with Crippen LogP contribution in [-0.4, -0.2) is 6.54 Å². The van der Waals surface area contributed by atoms with Crippen LogP contribution in [0.3, 0.4) is 0 Å². The summed E-state index contributed by atoms with van der Waals surface area (Å²) in [5.74, 6) is 0.603. The van der Waals surface area contributed by atoms with Crippen molar-refractivity contribution in [2.45, 2.75) is 26.5 Å². The average molecular weight is 273 g/mol. The molecule has 0 unspecified atom stereocenters. The van der Waals surface area contributed by atoms with Gasteiger partial charge in [0.15, 0.2) is 0 Å². The maximum Gasteiger partial charge on any atom is 0.123 e. The lowest BCUT2D eigenvalue weighted by Crippen LogP contribution is -2.13. The van der Waals surface area contributed by atoms with E-state index in [9.17, 15) is 4.39 Å². The highest BCUT2D eigenvalue weighted by Gasteiger charge is 1.98. The lowest BCUT2D eigenvalue weighted by atomic mass is 10.2. The number of ether oxygens (including phenoxy) is 1. The molecule has 106 valence electrons. The van der Waals surface area contributed by atoms with Gasteiger partial charge in [-0.05, 0) is 48.4 Å². The number of hydrogen-bond acceptors (Lipinski definition) is 2. The summed E-state index contributed by atoms with van der Waals surface area (Å²) >= 11 is 0. The van der Waals surface area contributed by atoms with Crippen LogP contribution in [-0.2, 0) is 13.2 Å². The molecule has 0 aliphatic rings. The molecule has 0 fully saturated rings. The zero-order chi connectivity index (χ0) is 14.2. The maximum absolute atomic E-state index is 12.8. The van der Waals surface area contributed by atoms with Crippen LogP contribution in [0.1, 0.15) is 24.5 Å². The Morgan fingerprint density at radius 3 is 2.25 bits per heavy atom. The predicted molar refractivity (Wildman–Crippen MR) is 79.2 cm³/mol. The van der Waals surface area contributed by atoms with E-state index < -0.39 is 0 Å². The first-order chi connectivity index (χ1) is 9.78. The molecule has 2 rings (SSSR count). The molecule has 0 aliphatic heterocycles. The molecule has 0 bridgehead atoms. The fourth-order valence-electron chi connectivity index (χ4n) is 1.86. The second-order valence-electron chi connectivity index (χ2n) is 4.74. The van der Waals surface area contributed by atoms with Crippen molar-refractivity contribution in [3.05, 3.63) is 65.5 Å². The van der Waals surface area contributed by atoms with Crippen LogP contribution in [0.4, 0.5) is 4.39 Å². The van der Waals surface area contributed by atoms with Crippen molar-refractivity contribution >= 4 is 0 Å². The van der Waals surface area contributed by atoms with E-state index >= 15 is 0 Å². The van der Waals surface area contributed by atoms with Crippen LogP contribution in [0.25, 0.3) is 0 Å². The van der Waals surface area contributed by atoms with E-state index in [1.165, 1.54) is 17.7 Å². The molecule has 0 saturated heterocycles. The summed E-state index contributed by atoms with van der Waals surface area (Å²) in [6.07, 6.45) is 1.14. The molecule has 0 amide bonds. The predicted octanol–water partition coefficient (Wildman–Crippen LogP) is 3.90. The zero-order valence-electron chi connectivity index (χ0n) is 11.7. The minimum absolute atomic E-state index is 0.224. The van der Waals surface area contributed by atoms with Crippen molar-refractivity contribution in [1.29, 1.82) is 0 Å². The summed E-state index contributed by atoms with van der Waals surface area (Å²) in [6.45, 7) is 4.52. The molecule has 0 heterocycles. The van der Waals surface area contributed by atoms with Crippen LogP contribution < -0.4 is 10.1 Å². The van der Waals surface area contributed by atoms with E-state index in [0.29, 0.717) is 6.61 Å². The highest BCUT2D eigenvalue weighted by atomic mass is 19.1. The van der Waals surface area contributed by atoms with Crippen molar-refractivity contribution in [3.63, 3.8) is 0 Å². The zero-order valence-corrected chi connectivity index (χ0v) is 11.7. The molecule has 0 atom stereocenters. The number of rotatable bonds is 7. The SMILES string of the molecule is CCCNCc1ccc(OCc2ccc(F)cc2)cc1. The van der Waals surface area contributed by atoms with Gasteiger partial charge in [0.1, 0.15) is 18.2 Å². The minimum atomic E-state index is -0.224. The number of benzene rings is 2. The van der Waals surface area contributed by atoms with Crippen molar-refractivity contribution in [1.82, 2.24) is 5.32 Å². The summed E-state index contributed by atoms with van der Waals surface area (Å²) in [6, 6.07) is 14.4. The van der Waals surface area contributed by atoms with E-state index in [-0.39, 0.29) is 5.82 Å². The topological polar surface area (TPSA) is 21.3 Å². The quantitative estimate of drug-likeness (QED) is 0.772. The average Bonchev–Trinajstić information content (AvgIpc) is 2.48. The van der Waals surface area contributed by atoms with E-state index in [0.717, 1.165) is 30.8 Å². The summed E-state index contributed by atoms with van der Waals surface area (Å²) in [7, 11) is 0. The summed E-state index contributed by atoms with van der Waals surface area (Å²) in [5.41, 5.74) is 2.20. The molecule has 0 spiro atoms. The fourth-order valence-corrected chi connectivity index (χ4v) is 1.86. The van der Waals surface area contributed by atoms with Crippen LogP contribution in [0, 0.1) is 5.82 Å². The third-order valence-corrected chi connectivity index (χ3v) is 3.00. The second-order valence-corrected chi connectivity index (χ2v) is 4.74. The number of hydrogen-bond donors (Lipinski definition) is 1. The summed E-state index contributed by atoms with van der Waals surface area (Å²) in [4.78, 5) is 0. The molecular weight excluding hydrogens is 253 g/mol. The Kier molecular flexibility index (Phi) is 5.56. The van der Waals surface area contributed by atoms with Gasteiger partial charge in [-0.15, -0.1) is 0 Å². The van der Waals surface area contributed by atoms with Gasteiger partial charge >= 0.3 is 0 Å². The fraction of sp³-hybridized carbons (Fsp3) is 0.294. The van der Waals surface area contributed by atoms with Gasteiger partial charge in [-0.1, -0.05) is 31.2 Å². The van der Waals surface area contributed by atoms with Crippen LogP contribution in [0.15, 0.2) is 48.5 Å². The van der Waals surface area contributed by atoms with Crippen molar-refractivity contribution in [3.8, 4) is 5.75 Å². The molecule has 0 radical (unpaired) electrons. The van der Waals surface area contributed by atoms with Gasteiger partial charge in [-0.2, -0.15) is 0 Å². The summed E-state index contributed by atoms with van der Waals surface area (Å²) in [5, 5.41) is 3.36. The van der Waals surface area contributed by atoms with E-state index in [1.54, 1.807) is 12.1 Å². The Morgan fingerprint density at radius 1 is 0.950 bits per heavy atom. The largest absolute Gasteiger partial charge is 0.489 e. The third kappa shape index (κ3) is 4.67. The van der Waals surface area contributed by atoms with Gasteiger partial charge in [-0.25, -0.2) is 4.39 Å². The molecule has 3 heteroatoms. The Labute approximate surface area is 119 Å². The van der Waals surface area contributed by atoms with E-state index in [4.69, 9.17) is 4.74 Å². The van der Waals surface area contributed by atoms with Crippen LogP contribution in [0.2, 0.25) is 0 Å². The number of nitrogens with one attached hydrogen (secondary N) is 1. The Bertz CT molecular complexity index is 508. The van der Waals surface area contributed by atoms with Gasteiger partial charge in [0, 0.05) is 6.54 Å². The van der Waals surface area contributed by atoms with Crippen molar-refractivity contribution < 1.29 is 9.13 Å². The van der Waals surface area contributed by atoms with Gasteiger partial charge in [0.2, 0.25) is 0 Å². The maximum atomic E-state index is 12.8. The standard InChI is InChI=1S/C17H20FNO/c1-2-11-19-12-14-5-9-17(10-6-14)20-13-15-3-7-16(18)8-4-15/h3-10,19H,2,11-13H2,1H3. The van der Waals surface area contributed by atoms with Gasteiger partial charge in [0.05, 0.1) is 0 Å². The first-order valence-corrected chi connectivity index (χ1v) is 6.95. The summed E-state index contributed by atoms with van der Waals surface area (Å²) < 4.78 is 18.4. The van der Waals surface area contributed by atoms with Gasteiger partial charge < -0.3 is 10.1 Å². The highest BCUT2D eigenvalue weighted by Crippen LogP contribution is 2.14. The lowest BCUT2D eigenvalue weighted by Gasteiger charge is -2.08. The molecule has 2 nitrogen and oxygen atoms in total. The Morgan fingerprint density at radius 2 is 1.60 bits per heavy atom. The van der Waals surface area contributed by atoms with Crippen LogP contribution in [0.5, 0.6) is 5.75 Å². The normalized spacial score (nSPS) is 10.5. The first-order valence-electron chi connectivity index (χ1n) is 6.95. The molecule has 2 aromatic rings. The Balaban J connectivity index is 1.82. The van der Waals surface area contributed by atoms with Crippen LogP contribution >= 0.6 is 0 Å². The minimum Gasteiger partial charge on any atom is -0.489 e. The van der Waals surface area contributed by atoms with Crippen molar-refractivity contribution in [2.75, 3.05) is 6.54 Å². The molecule has 1 N–H and O–H groups in total. The van der Waals surface area contributed by atoms with Gasteiger partial charge in [0.25, 0.3) is 0 Å². The molecular formula is C17H20FNO. The molecule has 2 aromatic carbocycles. The smallest absolute Gasteiger partial charge is 0.123 e. The monoisotopic (exact) mass is 273 g/mol.